The van der Waals surface area contributed by atoms with Gasteiger partial charge in [-0.05, 0) is 48.5 Å². The second kappa shape index (κ2) is 9.94. The van der Waals surface area contributed by atoms with Crippen molar-refractivity contribution in [3.63, 3.8) is 0 Å². The third-order valence-electron chi connectivity index (χ3n) is 5.39. The summed E-state index contributed by atoms with van der Waals surface area (Å²) in [5, 5.41) is 3.27. The van der Waals surface area contributed by atoms with E-state index in [0.29, 0.717) is 28.0 Å². The average Bonchev–Trinajstić information content (AvgIpc) is 2.86. The fraction of sp³-hybridized carbons (Fsp3) is 0.160. The summed E-state index contributed by atoms with van der Waals surface area (Å²) in [6.07, 6.45) is 0. The molecule has 0 saturated heterocycles. The number of methoxy groups -OCH3 is 3. The third kappa shape index (κ3) is 4.71. The van der Waals surface area contributed by atoms with Gasteiger partial charge in [0.1, 0.15) is 12.3 Å². The normalized spacial score (nSPS) is 10.7. The van der Waals surface area contributed by atoms with Gasteiger partial charge in [-0.25, -0.2) is 9.36 Å². The minimum absolute atomic E-state index is 0.166. The molecule has 0 aliphatic heterocycles. The van der Waals surface area contributed by atoms with Gasteiger partial charge in [0.25, 0.3) is 5.56 Å². The monoisotopic (exact) mass is 495 g/mol. The van der Waals surface area contributed by atoms with Crippen LogP contribution in [0.1, 0.15) is 0 Å². The first-order chi connectivity index (χ1) is 16.9. The molecule has 35 heavy (non-hydrogen) atoms. The van der Waals surface area contributed by atoms with Gasteiger partial charge in [0.2, 0.25) is 5.91 Å². The van der Waals surface area contributed by atoms with Gasteiger partial charge in [0.05, 0.1) is 37.9 Å². The fourth-order valence-electron chi connectivity index (χ4n) is 3.71. The van der Waals surface area contributed by atoms with E-state index in [-0.39, 0.29) is 23.1 Å². The molecule has 0 atom stereocenters. The Hall–Kier alpha value is -4.24. The molecule has 0 aliphatic rings. The van der Waals surface area contributed by atoms with Crippen LogP contribution in [-0.4, -0.2) is 36.4 Å². The van der Waals surface area contributed by atoms with E-state index in [4.69, 9.17) is 25.8 Å². The van der Waals surface area contributed by atoms with Crippen LogP contribution in [0, 0.1) is 0 Å². The van der Waals surface area contributed by atoms with Crippen molar-refractivity contribution < 1.29 is 19.0 Å². The van der Waals surface area contributed by atoms with E-state index in [1.165, 1.54) is 37.0 Å². The number of carbonyl (C=O) groups is 1. The highest BCUT2D eigenvalue weighted by Gasteiger charge is 2.20. The van der Waals surface area contributed by atoms with Gasteiger partial charge in [-0.15, -0.1) is 0 Å². The van der Waals surface area contributed by atoms with Crippen molar-refractivity contribution >= 4 is 34.1 Å². The zero-order chi connectivity index (χ0) is 25.1. The SMILES string of the molecule is COc1ccc(NC(=O)Cn2c(=O)n(-c3cccc(Cl)c3)c(=O)c3cc(OC)c(OC)cc32)cc1. The molecule has 0 saturated carbocycles. The van der Waals surface area contributed by atoms with Crippen molar-refractivity contribution in [1.82, 2.24) is 9.13 Å². The zero-order valence-corrected chi connectivity index (χ0v) is 20.0. The first-order valence-electron chi connectivity index (χ1n) is 10.5. The highest BCUT2D eigenvalue weighted by Crippen LogP contribution is 2.30. The van der Waals surface area contributed by atoms with Gasteiger partial charge in [0.15, 0.2) is 11.5 Å². The molecule has 0 bridgehead atoms. The third-order valence-corrected chi connectivity index (χ3v) is 5.63. The number of halogens is 1. The molecule has 9 nitrogen and oxygen atoms in total. The van der Waals surface area contributed by atoms with E-state index in [2.05, 4.69) is 5.32 Å². The van der Waals surface area contributed by atoms with Crippen molar-refractivity contribution in [3.05, 3.63) is 86.5 Å². The van der Waals surface area contributed by atoms with Crippen LogP contribution < -0.4 is 30.8 Å². The van der Waals surface area contributed by atoms with Crippen molar-refractivity contribution in [1.29, 1.82) is 0 Å². The standard InChI is InChI=1S/C25H22ClN3O6/c1-33-18-9-7-16(8-10-18)27-23(30)14-28-20-13-22(35-3)21(34-2)12-19(20)24(31)29(25(28)32)17-6-4-5-15(26)11-17/h4-13H,14H2,1-3H3,(H,27,30). The van der Waals surface area contributed by atoms with E-state index in [0.717, 1.165) is 4.57 Å². The smallest absolute Gasteiger partial charge is 0.336 e. The van der Waals surface area contributed by atoms with Crippen LogP contribution in [-0.2, 0) is 11.3 Å². The molecule has 3 aromatic carbocycles. The maximum absolute atomic E-state index is 13.6. The second-order valence-electron chi connectivity index (χ2n) is 7.49. The Kier molecular flexibility index (Phi) is 6.79. The van der Waals surface area contributed by atoms with Crippen LogP contribution in [0.5, 0.6) is 17.2 Å². The van der Waals surface area contributed by atoms with Gasteiger partial charge in [-0.2, -0.15) is 0 Å². The highest BCUT2D eigenvalue weighted by molar-refractivity contribution is 6.30. The number of hydrogen-bond acceptors (Lipinski definition) is 6. The van der Waals surface area contributed by atoms with E-state index in [1.807, 2.05) is 0 Å². The average molecular weight is 496 g/mol. The number of anilines is 1. The molecular weight excluding hydrogens is 474 g/mol. The molecule has 0 fully saturated rings. The molecule has 0 spiro atoms. The first-order valence-corrected chi connectivity index (χ1v) is 10.9. The number of amides is 1. The van der Waals surface area contributed by atoms with E-state index < -0.39 is 17.2 Å². The molecule has 1 heterocycles. The number of benzene rings is 3. The number of hydrogen-bond donors (Lipinski definition) is 1. The maximum Gasteiger partial charge on any atom is 0.336 e. The minimum atomic E-state index is -0.707. The van der Waals surface area contributed by atoms with Crippen LogP contribution in [0.4, 0.5) is 5.69 Å². The Morgan fingerprint density at radius 2 is 1.60 bits per heavy atom. The molecule has 10 heteroatoms. The molecule has 4 rings (SSSR count). The summed E-state index contributed by atoms with van der Waals surface area (Å²) in [5.74, 6) is 0.788. The van der Waals surface area contributed by atoms with Gasteiger partial charge in [-0.3, -0.25) is 14.2 Å². The second-order valence-corrected chi connectivity index (χ2v) is 7.93. The molecule has 180 valence electrons. The van der Waals surface area contributed by atoms with Gasteiger partial charge in [-0.1, -0.05) is 17.7 Å². The van der Waals surface area contributed by atoms with Gasteiger partial charge >= 0.3 is 5.69 Å². The number of rotatable bonds is 7. The number of nitrogens with zero attached hydrogens (tertiary/aromatic N) is 2. The van der Waals surface area contributed by atoms with Gasteiger partial charge in [0, 0.05) is 16.8 Å². The van der Waals surface area contributed by atoms with Crippen LogP contribution >= 0.6 is 11.6 Å². The molecule has 1 N–H and O–H groups in total. The topological polar surface area (TPSA) is 101 Å². The number of ether oxygens (including phenoxy) is 3. The zero-order valence-electron chi connectivity index (χ0n) is 19.2. The molecule has 1 aromatic heterocycles. The summed E-state index contributed by atoms with van der Waals surface area (Å²) in [5.41, 5.74) is -0.272. The summed E-state index contributed by atoms with van der Waals surface area (Å²) in [7, 11) is 4.43. The van der Waals surface area contributed by atoms with E-state index in [1.54, 1.807) is 49.6 Å². The predicted molar refractivity (Wildman–Crippen MR) is 134 cm³/mol. The van der Waals surface area contributed by atoms with Crippen molar-refractivity contribution in [2.24, 2.45) is 0 Å². The summed E-state index contributed by atoms with van der Waals surface area (Å²) in [4.78, 5) is 39.9. The summed E-state index contributed by atoms with van der Waals surface area (Å²) in [6.45, 7) is -0.363. The molecule has 0 unspecified atom stereocenters. The number of carbonyl (C=O) groups excluding carboxylic acids is 1. The van der Waals surface area contributed by atoms with Crippen LogP contribution in [0.25, 0.3) is 16.6 Å². The fourth-order valence-corrected chi connectivity index (χ4v) is 3.89. The van der Waals surface area contributed by atoms with Crippen molar-refractivity contribution in [3.8, 4) is 22.9 Å². The largest absolute Gasteiger partial charge is 0.497 e. The van der Waals surface area contributed by atoms with Gasteiger partial charge < -0.3 is 19.5 Å². The molecule has 0 aliphatic carbocycles. The lowest BCUT2D eigenvalue weighted by atomic mass is 10.2. The molecule has 0 radical (unpaired) electrons. The molecule has 4 aromatic rings. The van der Waals surface area contributed by atoms with Crippen LogP contribution in [0.3, 0.4) is 0 Å². The Morgan fingerprint density at radius 1 is 0.914 bits per heavy atom. The summed E-state index contributed by atoms with van der Waals surface area (Å²) in [6, 6.07) is 16.1. The van der Waals surface area contributed by atoms with Crippen LogP contribution in [0.2, 0.25) is 5.02 Å². The summed E-state index contributed by atoms with van der Waals surface area (Å²) < 4.78 is 18.0. The lowest BCUT2D eigenvalue weighted by molar-refractivity contribution is -0.116. The number of nitrogens with one attached hydrogen (secondary N) is 1. The number of aromatic nitrogens is 2. The number of fused-ring (bicyclic) bond motifs is 1. The van der Waals surface area contributed by atoms with Crippen LogP contribution in [0.15, 0.2) is 70.3 Å². The molecular formula is C25H22ClN3O6. The van der Waals surface area contributed by atoms with Crippen molar-refractivity contribution in [2.75, 3.05) is 26.6 Å². The lowest BCUT2D eigenvalue weighted by Gasteiger charge is -2.16. The quantitative estimate of drug-likeness (QED) is 0.421. The Labute approximate surface area is 205 Å². The maximum atomic E-state index is 13.6. The van der Waals surface area contributed by atoms with E-state index in [9.17, 15) is 14.4 Å². The Balaban J connectivity index is 1.88. The van der Waals surface area contributed by atoms with Crippen molar-refractivity contribution in [2.45, 2.75) is 6.54 Å². The first kappa shape index (κ1) is 23.9. The highest BCUT2D eigenvalue weighted by atomic mass is 35.5. The summed E-state index contributed by atoms with van der Waals surface area (Å²) >= 11 is 6.11. The Bertz CT molecular complexity index is 1530. The predicted octanol–water partition coefficient (Wildman–Crippen LogP) is 3.47. The Morgan fingerprint density at radius 3 is 2.23 bits per heavy atom. The lowest BCUT2D eigenvalue weighted by Crippen LogP contribution is -2.40. The van der Waals surface area contributed by atoms with E-state index >= 15 is 0 Å². The molecule has 1 amide bonds. The minimum Gasteiger partial charge on any atom is -0.497 e.